The molecule has 2 aliphatic rings. The van der Waals surface area contributed by atoms with Gasteiger partial charge in [0.25, 0.3) is 0 Å². The van der Waals surface area contributed by atoms with Gasteiger partial charge < -0.3 is 10.0 Å². The van der Waals surface area contributed by atoms with E-state index in [9.17, 15) is 9.50 Å². The Kier molecular flexibility index (Phi) is 2.49. The number of nitrogens with zero attached hydrogens (tertiary/aromatic N) is 1. The molecule has 3 rings (SSSR count). The van der Waals surface area contributed by atoms with Crippen molar-refractivity contribution in [1.29, 1.82) is 0 Å². The Morgan fingerprint density at radius 2 is 1.82 bits per heavy atom. The second kappa shape index (κ2) is 3.79. The van der Waals surface area contributed by atoms with Gasteiger partial charge in [-0.15, -0.1) is 0 Å². The Balaban J connectivity index is 1.96. The molecule has 1 aromatic carbocycles. The molecule has 2 unspecified atom stereocenters. The van der Waals surface area contributed by atoms with E-state index in [4.69, 9.17) is 0 Å². The molecule has 2 bridgehead atoms. The molecule has 2 fully saturated rings. The van der Waals surface area contributed by atoms with Gasteiger partial charge in [-0.1, -0.05) is 18.2 Å². The number of piperidine rings is 1. The van der Waals surface area contributed by atoms with Crippen LogP contribution in [0.2, 0.25) is 0 Å². The standard InChI is InChI=1S/C14H18FNO/c1-16-10-6-7-11(16)9-14(17,8-10)12-4-2-3-5-13(12)15/h2-5,10-11,17H,6-9H2,1H3. The van der Waals surface area contributed by atoms with Crippen LogP contribution in [0.1, 0.15) is 31.2 Å². The Hall–Kier alpha value is -0.930. The van der Waals surface area contributed by atoms with E-state index in [2.05, 4.69) is 11.9 Å². The second-order valence-electron chi connectivity index (χ2n) is 5.47. The molecule has 2 atom stereocenters. The summed E-state index contributed by atoms with van der Waals surface area (Å²) in [5.41, 5.74) is -0.492. The van der Waals surface area contributed by atoms with Crippen molar-refractivity contribution in [3.63, 3.8) is 0 Å². The molecule has 0 spiro atoms. The van der Waals surface area contributed by atoms with Gasteiger partial charge in [-0.25, -0.2) is 4.39 Å². The van der Waals surface area contributed by atoms with E-state index < -0.39 is 5.60 Å². The third-order valence-corrected chi connectivity index (χ3v) is 4.51. The topological polar surface area (TPSA) is 23.5 Å². The molecule has 2 heterocycles. The number of halogens is 1. The fraction of sp³-hybridized carbons (Fsp3) is 0.571. The molecule has 1 N–H and O–H groups in total. The number of hydrogen-bond donors (Lipinski definition) is 1. The minimum atomic E-state index is -0.969. The molecule has 17 heavy (non-hydrogen) atoms. The molecular formula is C14H18FNO. The van der Waals surface area contributed by atoms with Gasteiger partial charge in [0.15, 0.2) is 0 Å². The third-order valence-electron chi connectivity index (χ3n) is 4.51. The first-order valence-corrected chi connectivity index (χ1v) is 6.29. The van der Waals surface area contributed by atoms with Crippen molar-refractivity contribution in [2.75, 3.05) is 7.05 Å². The van der Waals surface area contributed by atoms with Crippen LogP contribution in [0.4, 0.5) is 4.39 Å². The lowest BCUT2D eigenvalue weighted by atomic mass is 9.80. The van der Waals surface area contributed by atoms with Gasteiger partial charge in [0, 0.05) is 17.6 Å². The average Bonchev–Trinajstić information content (AvgIpc) is 2.53. The van der Waals surface area contributed by atoms with Crippen molar-refractivity contribution in [3.8, 4) is 0 Å². The van der Waals surface area contributed by atoms with Crippen LogP contribution < -0.4 is 0 Å². The molecule has 0 aliphatic carbocycles. The molecule has 0 aromatic heterocycles. The van der Waals surface area contributed by atoms with Crippen molar-refractivity contribution in [3.05, 3.63) is 35.6 Å². The third kappa shape index (κ3) is 1.69. The van der Waals surface area contributed by atoms with E-state index in [0.717, 1.165) is 12.8 Å². The predicted octanol–water partition coefficient (Wildman–Crippen LogP) is 2.27. The number of hydrogen-bond acceptors (Lipinski definition) is 2. The highest BCUT2D eigenvalue weighted by Crippen LogP contribution is 2.45. The highest BCUT2D eigenvalue weighted by Gasteiger charge is 2.47. The van der Waals surface area contributed by atoms with Crippen LogP contribution in [0.15, 0.2) is 24.3 Å². The van der Waals surface area contributed by atoms with E-state index in [0.29, 0.717) is 30.5 Å². The molecule has 0 saturated carbocycles. The zero-order valence-electron chi connectivity index (χ0n) is 10.1. The normalized spacial score (nSPS) is 37.4. The summed E-state index contributed by atoms with van der Waals surface area (Å²) < 4.78 is 13.8. The second-order valence-corrected chi connectivity index (χ2v) is 5.47. The summed E-state index contributed by atoms with van der Waals surface area (Å²) in [6, 6.07) is 7.44. The molecule has 1 aromatic rings. The minimum Gasteiger partial charge on any atom is -0.385 e. The van der Waals surface area contributed by atoms with Gasteiger partial charge in [-0.3, -0.25) is 0 Å². The van der Waals surface area contributed by atoms with Gasteiger partial charge >= 0.3 is 0 Å². The van der Waals surface area contributed by atoms with E-state index in [1.165, 1.54) is 6.07 Å². The predicted molar refractivity (Wildman–Crippen MR) is 64.1 cm³/mol. The fourth-order valence-corrected chi connectivity index (χ4v) is 3.50. The van der Waals surface area contributed by atoms with Gasteiger partial charge in [0.2, 0.25) is 0 Å². The van der Waals surface area contributed by atoms with Crippen molar-refractivity contribution in [2.24, 2.45) is 0 Å². The summed E-state index contributed by atoms with van der Waals surface area (Å²) in [7, 11) is 2.11. The summed E-state index contributed by atoms with van der Waals surface area (Å²) in [5, 5.41) is 10.8. The number of aliphatic hydroxyl groups is 1. The summed E-state index contributed by atoms with van der Waals surface area (Å²) in [4.78, 5) is 2.34. The van der Waals surface area contributed by atoms with Crippen molar-refractivity contribution >= 4 is 0 Å². The lowest BCUT2D eigenvalue weighted by Gasteiger charge is -2.42. The van der Waals surface area contributed by atoms with Crippen LogP contribution in [-0.2, 0) is 5.60 Å². The summed E-state index contributed by atoms with van der Waals surface area (Å²) in [5.74, 6) is -0.279. The zero-order chi connectivity index (χ0) is 12.0. The molecule has 0 radical (unpaired) electrons. The van der Waals surface area contributed by atoms with Gasteiger partial charge in [-0.2, -0.15) is 0 Å². The Bertz CT molecular complexity index is 420. The molecule has 92 valence electrons. The van der Waals surface area contributed by atoms with E-state index in [-0.39, 0.29) is 5.82 Å². The molecule has 3 heteroatoms. The van der Waals surface area contributed by atoms with Crippen molar-refractivity contribution in [2.45, 2.75) is 43.4 Å². The Morgan fingerprint density at radius 1 is 1.24 bits per heavy atom. The van der Waals surface area contributed by atoms with Crippen molar-refractivity contribution in [1.82, 2.24) is 4.90 Å². The molecule has 2 saturated heterocycles. The maximum absolute atomic E-state index is 13.8. The quantitative estimate of drug-likeness (QED) is 0.807. The van der Waals surface area contributed by atoms with Gasteiger partial charge in [0.1, 0.15) is 5.82 Å². The largest absolute Gasteiger partial charge is 0.385 e. The lowest BCUT2D eigenvalue weighted by molar-refractivity contribution is -0.0515. The summed E-state index contributed by atoms with van der Waals surface area (Å²) in [6.07, 6.45) is 3.55. The molecule has 0 amide bonds. The van der Waals surface area contributed by atoms with Gasteiger partial charge in [0.05, 0.1) is 5.60 Å². The van der Waals surface area contributed by atoms with Crippen LogP contribution >= 0.6 is 0 Å². The smallest absolute Gasteiger partial charge is 0.129 e. The maximum atomic E-state index is 13.8. The maximum Gasteiger partial charge on any atom is 0.129 e. The van der Waals surface area contributed by atoms with E-state index >= 15 is 0 Å². The fourth-order valence-electron chi connectivity index (χ4n) is 3.50. The van der Waals surface area contributed by atoms with Crippen molar-refractivity contribution < 1.29 is 9.50 Å². The van der Waals surface area contributed by atoms with E-state index in [1.807, 2.05) is 0 Å². The highest BCUT2D eigenvalue weighted by atomic mass is 19.1. The number of fused-ring (bicyclic) bond motifs is 2. The first-order chi connectivity index (χ1) is 8.10. The van der Waals surface area contributed by atoms with Crippen LogP contribution in [0.3, 0.4) is 0 Å². The molecular weight excluding hydrogens is 217 g/mol. The monoisotopic (exact) mass is 235 g/mol. The summed E-state index contributed by atoms with van der Waals surface area (Å²) >= 11 is 0. The average molecular weight is 235 g/mol. The van der Waals surface area contributed by atoms with Gasteiger partial charge in [-0.05, 0) is 38.8 Å². The van der Waals surface area contributed by atoms with Crippen LogP contribution in [0.25, 0.3) is 0 Å². The van der Waals surface area contributed by atoms with Crippen LogP contribution in [-0.4, -0.2) is 29.1 Å². The first kappa shape index (κ1) is 11.2. The first-order valence-electron chi connectivity index (χ1n) is 6.29. The number of rotatable bonds is 1. The molecule has 2 nitrogen and oxygen atoms in total. The lowest BCUT2D eigenvalue weighted by Crippen LogP contribution is -2.47. The molecule has 2 aliphatic heterocycles. The SMILES string of the molecule is CN1C2CCC1CC(O)(c1ccccc1F)C2. The van der Waals surface area contributed by atoms with E-state index in [1.54, 1.807) is 18.2 Å². The highest BCUT2D eigenvalue weighted by molar-refractivity contribution is 5.26. The summed E-state index contributed by atoms with van der Waals surface area (Å²) in [6.45, 7) is 0. The Morgan fingerprint density at radius 3 is 2.41 bits per heavy atom. The number of benzene rings is 1. The zero-order valence-corrected chi connectivity index (χ0v) is 10.1. The van der Waals surface area contributed by atoms with Crippen LogP contribution in [0.5, 0.6) is 0 Å². The Labute approximate surface area is 101 Å². The minimum absolute atomic E-state index is 0.279. The van der Waals surface area contributed by atoms with Crippen LogP contribution in [0, 0.1) is 5.82 Å².